The maximum atomic E-state index is 10.9. The van der Waals surface area contributed by atoms with E-state index < -0.39 is 4.92 Å². The summed E-state index contributed by atoms with van der Waals surface area (Å²) < 4.78 is 5.23. The fourth-order valence-corrected chi connectivity index (χ4v) is 1.94. The van der Waals surface area contributed by atoms with E-state index in [1.165, 1.54) is 18.2 Å². The van der Waals surface area contributed by atoms with Gasteiger partial charge in [0.2, 0.25) is 0 Å². The second-order valence-electron chi connectivity index (χ2n) is 4.13. The monoisotopic (exact) mass is 247 g/mol. The van der Waals surface area contributed by atoms with Crippen molar-refractivity contribution in [1.82, 2.24) is 0 Å². The van der Waals surface area contributed by atoms with Crippen molar-refractivity contribution in [2.45, 2.75) is 18.9 Å². The molecule has 6 heteroatoms. The highest BCUT2D eigenvalue weighted by atomic mass is 16.6. The molecular formula is C12H13N3O3. The van der Waals surface area contributed by atoms with E-state index >= 15 is 0 Å². The zero-order valence-electron chi connectivity index (χ0n) is 9.76. The van der Waals surface area contributed by atoms with Crippen molar-refractivity contribution < 1.29 is 9.66 Å². The lowest BCUT2D eigenvalue weighted by molar-refractivity contribution is -0.384. The number of nitriles is 1. The van der Waals surface area contributed by atoms with Gasteiger partial charge in [0.25, 0.3) is 5.69 Å². The van der Waals surface area contributed by atoms with Crippen molar-refractivity contribution >= 4 is 11.4 Å². The average Bonchev–Trinajstić information content (AvgIpc) is 2.39. The summed E-state index contributed by atoms with van der Waals surface area (Å²) in [5.74, 6) is 0. The van der Waals surface area contributed by atoms with Crippen LogP contribution in [0.3, 0.4) is 0 Å². The SMILES string of the molecule is N#Cc1ccc([N+](=O)[O-])c(NC2CCOCC2)c1. The van der Waals surface area contributed by atoms with Gasteiger partial charge in [-0.1, -0.05) is 0 Å². The summed E-state index contributed by atoms with van der Waals surface area (Å²) in [6.07, 6.45) is 1.63. The highest BCUT2D eigenvalue weighted by molar-refractivity contribution is 5.64. The summed E-state index contributed by atoms with van der Waals surface area (Å²) in [6, 6.07) is 6.48. The smallest absolute Gasteiger partial charge is 0.292 e. The van der Waals surface area contributed by atoms with Crippen LogP contribution >= 0.6 is 0 Å². The normalized spacial score (nSPS) is 15.9. The number of hydrogen-bond donors (Lipinski definition) is 1. The first-order valence-electron chi connectivity index (χ1n) is 5.73. The Bertz CT molecular complexity index is 490. The molecule has 1 aromatic carbocycles. The molecule has 2 rings (SSSR count). The molecule has 0 aromatic heterocycles. The molecule has 0 spiro atoms. The predicted molar refractivity (Wildman–Crippen MR) is 65.3 cm³/mol. The van der Waals surface area contributed by atoms with Crippen LogP contribution in [0.1, 0.15) is 18.4 Å². The van der Waals surface area contributed by atoms with Crippen molar-refractivity contribution in [3.8, 4) is 6.07 Å². The van der Waals surface area contributed by atoms with E-state index in [0.717, 1.165) is 12.8 Å². The van der Waals surface area contributed by atoms with Gasteiger partial charge in [-0.05, 0) is 25.0 Å². The van der Waals surface area contributed by atoms with Gasteiger partial charge in [0, 0.05) is 25.3 Å². The van der Waals surface area contributed by atoms with Crippen molar-refractivity contribution in [1.29, 1.82) is 5.26 Å². The van der Waals surface area contributed by atoms with E-state index in [-0.39, 0.29) is 11.7 Å². The van der Waals surface area contributed by atoms with Gasteiger partial charge in [-0.15, -0.1) is 0 Å². The molecule has 1 aliphatic rings. The van der Waals surface area contributed by atoms with Crippen LogP contribution < -0.4 is 5.32 Å². The van der Waals surface area contributed by atoms with Crippen LogP contribution in [-0.4, -0.2) is 24.2 Å². The number of nitrogens with zero attached hydrogens (tertiary/aromatic N) is 2. The Morgan fingerprint density at radius 1 is 1.44 bits per heavy atom. The molecule has 0 radical (unpaired) electrons. The molecule has 6 nitrogen and oxygen atoms in total. The number of hydrogen-bond acceptors (Lipinski definition) is 5. The fourth-order valence-electron chi connectivity index (χ4n) is 1.94. The summed E-state index contributed by atoms with van der Waals surface area (Å²) in [5, 5.41) is 22.9. The van der Waals surface area contributed by atoms with Crippen LogP contribution in [0, 0.1) is 21.4 Å². The standard InChI is InChI=1S/C12H13N3O3/c13-8-9-1-2-12(15(16)17)11(7-9)14-10-3-5-18-6-4-10/h1-2,7,10,14H,3-6H2. The summed E-state index contributed by atoms with van der Waals surface area (Å²) in [7, 11) is 0. The zero-order valence-corrected chi connectivity index (χ0v) is 9.76. The van der Waals surface area contributed by atoms with Crippen LogP contribution in [0.15, 0.2) is 18.2 Å². The second kappa shape index (κ2) is 5.47. The quantitative estimate of drug-likeness (QED) is 0.652. The van der Waals surface area contributed by atoms with E-state index in [0.29, 0.717) is 24.5 Å². The molecule has 1 aromatic rings. The largest absolute Gasteiger partial charge is 0.381 e. The first-order chi connectivity index (χ1) is 8.70. The highest BCUT2D eigenvalue weighted by Crippen LogP contribution is 2.27. The lowest BCUT2D eigenvalue weighted by Crippen LogP contribution is -2.28. The van der Waals surface area contributed by atoms with Gasteiger partial charge in [-0.25, -0.2) is 0 Å². The van der Waals surface area contributed by atoms with Crippen LogP contribution in [-0.2, 0) is 4.74 Å². The van der Waals surface area contributed by atoms with Crippen molar-refractivity contribution in [2.75, 3.05) is 18.5 Å². The van der Waals surface area contributed by atoms with E-state index in [9.17, 15) is 10.1 Å². The third-order valence-corrected chi connectivity index (χ3v) is 2.90. The van der Waals surface area contributed by atoms with Crippen LogP contribution in [0.4, 0.5) is 11.4 Å². The first-order valence-corrected chi connectivity index (χ1v) is 5.73. The van der Waals surface area contributed by atoms with Crippen LogP contribution in [0.2, 0.25) is 0 Å². The summed E-state index contributed by atoms with van der Waals surface area (Å²) in [4.78, 5) is 10.5. The van der Waals surface area contributed by atoms with Gasteiger partial charge in [0.15, 0.2) is 0 Å². The minimum atomic E-state index is -0.442. The molecular weight excluding hydrogens is 234 g/mol. The summed E-state index contributed by atoms with van der Waals surface area (Å²) in [6.45, 7) is 1.31. The molecule has 0 atom stereocenters. The summed E-state index contributed by atoms with van der Waals surface area (Å²) in [5.41, 5.74) is 0.821. The third-order valence-electron chi connectivity index (χ3n) is 2.90. The Hall–Kier alpha value is -2.13. The van der Waals surface area contributed by atoms with E-state index in [2.05, 4.69) is 5.32 Å². The van der Waals surface area contributed by atoms with Crippen LogP contribution in [0.5, 0.6) is 0 Å². The average molecular weight is 247 g/mol. The van der Waals surface area contributed by atoms with E-state index in [1.807, 2.05) is 6.07 Å². The fraction of sp³-hybridized carbons (Fsp3) is 0.417. The number of anilines is 1. The minimum absolute atomic E-state index is 0.000455. The van der Waals surface area contributed by atoms with Gasteiger partial charge >= 0.3 is 0 Å². The van der Waals surface area contributed by atoms with Crippen LogP contribution in [0.25, 0.3) is 0 Å². The number of nitro benzene ring substituents is 1. The Morgan fingerprint density at radius 2 is 2.17 bits per heavy atom. The van der Waals surface area contributed by atoms with Gasteiger partial charge in [-0.3, -0.25) is 10.1 Å². The van der Waals surface area contributed by atoms with Crippen molar-refractivity contribution in [3.05, 3.63) is 33.9 Å². The number of ether oxygens (including phenoxy) is 1. The lowest BCUT2D eigenvalue weighted by atomic mass is 10.1. The number of rotatable bonds is 3. The molecule has 0 unspecified atom stereocenters. The van der Waals surface area contributed by atoms with Crippen molar-refractivity contribution in [2.24, 2.45) is 0 Å². The molecule has 94 valence electrons. The van der Waals surface area contributed by atoms with Gasteiger partial charge < -0.3 is 10.1 Å². The Labute approximate surface area is 104 Å². The lowest BCUT2D eigenvalue weighted by Gasteiger charge is -2.24. The topological polar surface area (TPSA) is 88.2 Å². The molecule has 0 amide bonds. The van der Waals surface area contributed by atoms with E-state index in [1.54, 1.807) is 0 Å². The molecule has 0 bridgehead atoms. The Balaban J connectivity index is 2.23. The van der Waals surface area contributed by atoms with E-state index in [4.69, 9.17) is 10.00 Å². The Kier molecular flexibility index (Phi) is 3.75. The summed E-state index contributed by atoms with van der Waals surface area (Å²) >= 11 is 0. The first kappa shape index (κ1) is 12.3. The molecule has 1 saturated heterocycles. The van der Waals surface area contributed by atoms with Gasteiger partial charge in [-0.2, -0.15) is 5.26 Å². The molecule has 0 saturated carbocycles. The molecule has 1 heterocycles. The van der Waals surface area contributed by atoms with Gasteiger partial charge in [0.1, 0.15) is 5.69 Å². The van der Waals surface area contributed by atoms with Crippen molar-refractivity contribution in [3.63, 3.8) is 0 Å². The highest BCUT2D eigenvalue weighted by Gasteiger charge is 2.19. The predicted octanol–water partition coefficient (Wildman–Crippen LogP) is 2.06. The number of benzene rings is 1. The Morgan fingerprint density at radius 3 is 2.78 bits per heavy atom. The molecule has 1 N–H and O–H groups in total. The third kappa shape index (κ3) is 2.76. The molecule has 0 aliphatic carbocycles. The zero-order chi connectivity index (χ0) is 13.0. The molecule has 18 heavy (non-hydrogen) atoms. The maximum absolute atomic E-state index is 10.9. The maximum Gasteiger partial charge on any atom is 0.292 e. The number of nitrogens with one attached hydrogen (secondary N) is 1. The molecule has 1 fully saturated rings. The van der Waals surface area contributed by atoms with Gasteiger partial charge in [0.05, 0.1) is 16.6 Å². The number of nitro groups is 1. The minimum Gasteiger partial charge on any atom is -0.381 e. The second-order valence-corrected chi connectivity index (χ2v) is 4.13. The molecule has 1 aliphatic heterocycles.